The van der Waals surface area contributed by atoms with Gasteiger partial charge < -0.3 is 15.0 Å². The first-order chi connectivity index (χ1) is 19.9. The molecule has 42 heavy (non-hydrogen) atoms. The number of ether oxygens (including phenoxy) is 1. The Bertz CT molecular complexity index is 1730. The van der Waals surface area contributed by atoms with Crippen molar-refractivity contribution in [1.82, 2.24) is 20.2 Å². The zero-order valence-corrected chi connectivity index (χ0v) is 24.6. The van der Waals surface area contributed by atoms with Crippen molar-refractivity contribution < 1.29 is 26.9 Å². The van der Waals surface area contributed by atoms with Gasteiger partial charge in [0.15, 0.2) is 32.4 Å². The van der Waals surface area contributed by atoms with Crippen molar-refractivity contribution in [3.8, 4) is 5.75 Å². The number of nitrogens with zero attached hydrogens (tertiary/aromatic N) is 5. The van der Waals surface area contributed by atoms with Crippen LogP contribution in [0.25, 0.3) is 0 Å². The summed E-state index contributed by atoms with van der Waals surface area (Å²) in [7, 11) is -0.940. The standard InChI is InChI=1S/C26H27F2N7O5S2/c1-5-11-34(3)25-23(40-4)24(29-21-12-15(2)32-33-21)30-26(31-25)41-20-10-9-17(13-18(20)27)42(38,39)14-16-7-6-8-19(22(16)28)35(36)37/h6-10,12-13H,5,11,14H2,1-4H3,(H2,29,30,31,32,33). The van der Waals surface area contributed by atoms with Crippen LogP contribution in [0.4, 0.5) is 31.9 Å². The highest BCUT2D eigenvalue weighted by atomic mass is 32.2. The summed E-state index contributed by atoms with van der Waals surface area (Å²) in [5.74, 6) is -1.45. The molecule has 0 atom stereocenters. The lowest BCUT2D eigenvalue weighted by Crippen LogP contribution is -2.21. The van der Waals surface area contributed by atoms with E-state index in [2.05, 4.69) is 25.5 Å². The SMILES string of the molecule is CCCN(C)c1nc(Sc2ccc(S(=O)(=O)Cc3cccc([N+](=O)[O-])c3F)cc2F)nc(Nc2cc(C)[nH]n2)c1OC. The van der Waals surface area contributed by atoms with Gasteiger partial charge in [-0.05, 0) is 43.3 Å². The number of hydrogen-bond donors (Lipinski definition) is 2. The number of sulfone groups is 1. The summed E-state index contributed by atoms with van der Waals surface area (Å²) < 4.78 is 61.3. The number of methoxy groups -OCH3 is 1. The topological polar surface area (TPSA) is 156 Å². The molecule has 12 nitrogen and oxygen atoms in total. The van der Waals surface area contributed by atoms with Gasteiger partial charge in [0, 0.05) is 37.0 Å². The van der Waals surface area contributed by atoms with E-state index in [9.17, 15) is 22.9 Å². The molecule has 2 heterocycles. The van der Waals surface area contributed by atoms with E-state index in [0.29, 0.717) is 23.9 Å². The molecule has 0 aliphatic heterocycles. The summed E-state index contributed by atoms with van der Waals surface area (Å²) in [5.41, 5.74) is -0.431. The molecule has 0 aliphatic carbocycles. The van der Waals surface area contributed by atoms with Crippen LogP contribution >= 0.6 is 11.8 Å². The maximum absolute atomic E-state index is 15.3. The number of nitro benzene ring substituents is 1. The minimum atomic E-state index is -4.25. The van der Waals surface area contributed by atoms with E-state index in [1.165, 1.54) is 25.3 Å². The van der Waals surface area contributed by atoms with Crippen molar-refractivity contribution >= 4 is 44.7 Å². The van der Waals surface area contributed by atoms with Crippen LogP contribution in [0.15, 0.2) is 57.4 Å². The summed E-state index contributed by atoms with van der Waals surface area (Å²) in [5, 5.41) is 21.2. The fraction of sp³-hybridized carbons (Fsp3) is 0.269. The molecular weight excluding hydrogens is 592 g/mol. The second kappa shape index (κ2) is 12.7. The molecule has 0 fully saturated rings. The van der Waals surface area contributed by atoms with E-state index in [-0.39, 0.29) is 15.9 Å². The predicted octanol–water partition coefficient (Wildman–Crippen LogP) is 5.42. The van der Waals surface area contributed by atoms with Crippen molar-refractivity contribution in [3.63, 3.8) is 0 Å². The average Bonchev–Trinajstić information content (AvgIpc) is 3.34. The first-order valence-electron chi connectivity index (χ1n) is 12.5. The number of aryl methyl sites for hydroxylation is 1. The van der Waals surface area contributed by atoms with E-state index in [4.69, 9.17) is 4.74 Å². The lowest BCUT2D eigenvalue weighted by atomic mass is 10.2. The van der Waals surface area contributed by atoms with E-state index < -0.39 is 48.3 Å². The van der Waals surface area contributed by atoms with Gasteiger partial charge >= 0.3 is 5.69 Å². The van der Waals surface area contributed by atoms with Crippen LogP contribution in [0.1, 0.15) is 24.6 Å². The largest absolute Gasteiger partial charge is 0.490 e. The predicted molar refractivity (Wildman–Crippen MR) is 153 cm³/mol. The van der Waals surface area contributed by atoms with Gasteiger partial charge in [0.25, 0.3) is 0 Å². The number of benzene rings is 2. The average molecular weight is 620 g/mol. The van der Waals surface area contributed by atoms with Gasteiger partial charge in [-0.25, -0.2) is 22.8 Å². The quantitative estimate of drug-likeness (QED) is 0.119. The number of nitrogens with one attached hydrogen (secondary N) is 2. The third kappa shape index (κ3) is 6.76. The van der Waals surface area contributed by atoms with Crippen LogP contribution < -0.4 is 15.0 Å². The Morgan fingerprint density at radius 1 is 1.19 bits per heavy atom. The lowest BCUT2D eigenvalue weighted by molar-refractivity contribution is -0.387. The first-order valence-corrected chi connectivity index (χ1v) is 15.0. The second-order valence-corrected chi connectivity index (χ2v) is 12.2. The van der Waals surface area contributed by atoms with E-state index in [0.717, 1.165) is 42.1 Å². The normalized spacial score (nSPS) is 11.4. The molecule has 0 spiro atoms. The number of anilines is 3. The van der Waals surface area contributed by atoms with Gasteiger partial charge in [-0.2, -0.15) is 9.49 Å². The lowest BCUT2D eigenvalue weighted by Gasteiger charge is -2.22. The molecule has 0 bridgehead atoms. The highest BCUT2D eigenvalue weighted by Crippen LogP contribution is 2.38. The monoisotopic (exact) mass is 619 g/mol. The first kappa shape index (κ1) is 30.6. The Kier molecular flexibility index (Phi) is 9.26. The van der Waals surface area contributed by atoms with Gasteiger partial charge in [0.05, 0.1) is 27.6 Å². The number of rotatable bonds is 12. The van der Waals surface area contributed by atoms with Gasteiger partial charge in [0.1, 0.15) is 5.82 Å². The Balaban J connectivity index is 1.66. The van der Waals surface area contributed by atoms with Gasteiger partial charge in [-0.15, -0.1) is 0 Å². The van der Waals surface area contributed by atoms with Crippen LogP contribution in [-0.2, 0) is 15.6 Å². The molecule has 2 aromatic carbocycles. The van der Waals surface area contributed by atoms with Crippen molar-refractivity contribution in [2.75, 3.05) is 30.9 Å². The molecule has 4 aromatic rings. The molecule has 0 aliphatic rings. The fourth-order valence-electron chi connectivity index (χ4n) is 4.00. The van der Waals surface area contributed by atoms with Gasteiger partial charge in [0.2, 0.25) is 11.6 Å². The molecule has 0 unspecified atom stereocenters. The molecule has 4 rings (SSSR count). The summed E-state index contributed by atoms with van der Waals surface area (Å²) in [6.07, 6.45) is 0.818. The van der Waals surface area contributed by atoms with E-state index in [1.54, 1.807) is 6.07 Å². The van der Waals surface area contributed by atoms with Crippen molar-refractivity contribution in [2.45, 2.75) is 41.0 Å². The molecular formula is C26H27F2N7O5S2. The van der Waals surface area contributed by atoms with Crippen LogP contribution in [-0.4, -0.2) is 54.2 Å². The summed E-state index contributed by atoms with van der Waals surface area (Å²) in [6.45, 7) is 4.48. The number of nitro groups is 1. The van der Waals surface area contributed by atoms with Crippen LogP contribution in [0, 0.1) is 28.7 Å². The van der Waals surface area contributed by atoms with E-state index in [1.807, 2.05) is 25.8 Å². The van der Waals surface area contributed by atoms with Crippen LogP contribution in [0.5, 0.6) is 5.75 Å². The van der Waals surface area contributed by atoms with Gasteiger partial charge in [-0.1, -0.05) is 19.1 Å². The van der Waals surface area contributed by atoms with Crippen molar-refractivity contribution in [2.24, 2.45) is 0 Å². The minimum absolute atomic E-state index is 0.0336. The maximum atomic E-state index is 15.3. The minimum Gasteiger partial charge on any atom is -0.490 e. The molecule has 0 saturated heterocycles. The summed E-state index contributed by atoms with van der Waals surface area (Å²) in [4.78, 5) is 20.6. The maximum Gasteiger partial charge on any atom is 0.305 e. The van der Waals surface area contributed by atoms with E-state index >= 15 is 4.39 Å². The summed E-state index contributed by atoms with van der Waals surface area (Å²) >= 11 is 0.866. The molecule has 2 aromatic heterocycles. The van der Waals surface area contributed by atoms with Crippen LogP contribution in [0.3, 0.4) is 0 Å². The molecule has 16 heteroatoms. The van der Waals surface area contributed by atoms with Gasteiger partial charge in [-0.3, -0.25) is 15.2 Å². The number of aromatic amines is 1. The molecule has 2 N–H and O–H groups in total. The van der Waals surface area contributed by atoms with Crippen molar-refractivity contribution in [3.05, 3.63) is 75.5 Å². The zero-order chi connectivity index (χ0) is 30.6. The Morgan fingerprint density at radius 2 is 1.95 bits per heavy atom. The Labute approximate surface area is 244 Å². The third-order valence-electron chi connectivity index (χ3n) is 5.97. The smallest absolute Gasteiger partial charge is 0.305 e. The fourth-order valence-corrected chi connectivity index (χ4v) is 6.12. The molecule has 222 valence electrons. The molecule has 0 amide bonds. The number of hydrogen-bond acceptors (Lipinski definition) is 11. The molecule has 0 saturated carbocycles. The molecule has 0 radical (unpaired) electrons. The highest BCUT2D eigenvalue weighted by Gasteiger charge is 2.25. The number of aromatic nitrogens is 4. The summed E-state index contributed by atoms with van der Waals surface area (Å²) in [6, 6.07) is 8.25. The number of H-pyrrole nitrogens is 1. The Hall–Kier alpha value is -4.31. The second-order valence-electron chi connectivity index (χ2n) is 9.16. The highest BCUT2D eigenvalue weighted by molar-refractivity contribution is 7.99. The van der Waals surface area contributed by atoms with Crippen molar-refractivity contribution in [1.29, 1.82) is 0 Å². The zero-order valence-electron chi connectivity index (χ0n) is 23.0. The van der Waals surface area contributed by atoms with Crippen LogP contribution in [0.2, 0.25) is 0 Å². The number of halogens is 2. The third-order valence-corrected chi connectivity index (χ3v) is 8.55. The Morgan fingerprint density at radius 3 is 2.57 bits per heavy atom.